The van der Waals surface area contributed by atoms with E-state index in [1.807, 2.05) is 49.5 Å². The standard InChI is InChI=1S/C17H17NO3.C5H11N.C2H8N2/c19-17(20)16-10-15(11-18-16)21-14-8-4-7-13(9-14)12-5-2-1-3-6-12;1-6-4-2-3-5-6;3-1-2-4/h1-9,15-16,18H,10-11H2,(H,19,20);2-5H2,1H3;1-4H2/t15?,16-;;/m0../s1/i;4D;. The maximum absolute atomic E-state index is 10.9. The first-order valence-electron chi connectivity index (χ1n) is 11.3. The molecule has 0 saturated carbocycles. The molecule has 170 valence electrons. The normalized spacial score (nSPS) is 23.1. The molecule has 2 aromatic carbocycles. The molecule has 3 atom stereocenters. The zero-order valence-electron chi connectivity index (χ0n) is 19.2. The van der Waals surface area contributed by atoms with Gasteiger partial charge in [-0.25, -0.2) is 0 Å². The molecule has 0 aromatic heterocycles. The van der Waals surface area contributed by atoms with Crippen molar-refractivity contribution in [2.75, 3.05) is 39.7 Å². The number of nitrogens with zero attached hydrogens (tertiary/aromatic N) is 1. The zero-order chi connectivity index (χ0) is 23.3. The Kier molecular flexibility index (Phi) is 10.3. The number of benzene rings is 2. The summed E-state index contributed by atoms with van der Waals surface area (Å²) in [6.45, 7) is 2.97. The Morgan fingerprint density at radius 2 is 1.87 bits per heavy atom. The van der Waals surface area contributed by atoms with E-state index in [2.05, 4.69) is 22.3 Å². The lowest BCUT2D eigenvalue weighted by molar-refractivity contribution is -0.139. The Bertz CT molecular complexity index is 799. The molecule has 0 radical (unpaired) electrons. The molecular weight excluding hydrogens is 392 g/mol. The molecule has 2 unspecified atom stereocenters. The number of ether oxygens (including phenoxy) is 1. The fourth-order valence-electron chi connectivity index (χ4n) is 3.30. The summed E-state index contributed by atoms with van der Waals surface area (Å²) < 4.78 is 13.2. The van der Waals surface area contributed by atoms with Crippen molar-refractivity contribution >= 4 is 5.97 Å². The molecule has 2 heterocycles. The van der Waals surface area contributed by atoms with Gasteiger partial charge in [0.1, 0.15) is 17.9 Å². The summed E-state index contributed by atoms with van der Waals surface area (Å²) in [5.41, 5.74) is 12.0. The maximum atomic E-state index is 10.9. The molecule has 0 aliphatic carbocycles. The van der Waals surface area contributed by atoms with Gasteiger partial charge in [-0.05, 0) is 56.2 Å². The minimum absolute atomic E-state index is 0.0972. The quantitative estimate of drug-likeness (QED) is 0.576. The van der Waals surface area contributed by atoms with Gasteiger partial charge in [-0.3, -0.25) is 4.79 Å². The molecule has 2 saturated heterocycles. The SMILES string of the molecule is NCCN.O=C(O)[C@@H]1CC(Oc2cccc(-c3ccccc3)c2)CN1.[2H]C1CCCN1C. The second-order valence-corrected chi connectivity index (χ2v) is 7.55. The highest BCUT2D eigenvalue weighted by molar-refractivity contribution is 5.74. The number of carboxylic acid groups (broad SMARTS) is 1. The van der Waals surface area contributed by atoms with E-state index in [4.69, 9.17) is 22.7 Å². The summed E-state index contributed by atoms with van der Waals surface area (Å²) in [7, 11) is 2.00. The van der Waals surface area contributed by atoms with Crippen molar-refractivity contribution in [2.45, 2.75) is 31.4 Å². The second-order valence-electron chi connectivity index (χ2n) is 7.55. The monoisotopic (exact) mass is 429 g/mol. The van der Waals surface area contributed by atoms with Crippen molar-refractivity contribution in [1.82, 2.24) is 10.2 Å². The number of hydrogen-bond donors (Lipinski definition) is 4. The van der Waals surface area contributed by atoms with E-state index in [1.54, 1.807) is 0 Å². The van der Waals surface area contributed by atoms with E-state index >= 15 is 0 Å². The Morgan fingerprint density at radius 3 is 2.39 bits per heavy atom. The predicted octanol–water partition coefficient (Wildman–Crippen LogP) is 2.16. The summed E-state index contributed by atoms with van der Waals surface area (Å²) in [6.07, 6.45) is 2.67. The Balaban J connectivity index is 0.000000273. The van der Waals surface area contributed by atoms with Gasteiger partial charge >= 0.3 is 5.97 Å². The van der Waals surface area contributed by atoms with E-state index in [0.29, 0.717) is 26.1 Å². The van der Waals surface area contributed by atoms with Crippen LogP contribution < -0.4 is 21.5 Å². The second kappa shape index (κ2) is 13.8. The molecule has 2 aromatic rings. The molecule has 7 nitrogen and oxygen atoms in total. The number of likely N-dealkylation sites (tertiary alicyclic amines) is 1. The van der Waals surface area contributed by atoms with Gasteiger partial charge in [0.2, 0.25) is 0 Å². The summed E-state index contributed by atoms with van der Waals surface area (Å²) >= 11 is 0. The molecule has 4 rings (SSSR count). The molecule has 0 spiro atoms. The number of hydrogen-bond acceptors (Lipinski definition) is 6. The van der Waals surface area contributed by atoms with Gasteiger partial charge in [0.25, 0.3) is 0 Å². The van der Waals surface area contributed by atoms with Crippen LogP contribution in [0.25, 0.3) is 11.1 Å². The van der Waals surface area contributed by atoms with Gasteiger partial charge in [-0.1, -0.05) is 42.5 Å². The molecule has 2 aliphatic rings. The molecule has 6 N–H and O–H groups in total. The number of rotatable bonds is 5. The van der Waals surface area contributed by atoms with Crippen molar-refractivity contribution in [2.24, 2.45) is 11.5 Å². The lowest BCUT2D eigenvalue weighted by atomic mass is 10.1. The lowest BCUT2D eigenvalue weighted by Gasteiger charge is -2.13. The van der Waals surface area contributed by atoms with Crippen LogP contribution >= 0.6 is 0 Å². The number of nitrogens with two attached hydrogens (primary N) is 2. The van der Waals surface area contributed by atoms with E-state index < -0.39 is 12.0 Å². The molecule has 31 heavy (non-hydrogen) atoms. The third-order valence-corrected chi connectivity index (χ3v) is 4.95. The average Bonchev–Trinajstić information content (AvgIpc) is 3.44. The fourth-order valence-corrected chi connectivity index (χ4v) is 3.30. The van der Waals surface area contributed by atoms with E-state index in [-0.39, 0.29) is 12.6 Å². The Morgan fingerprint density at radius 1 is 1.16 bits per heavy atom. The summed E-state index contributed by atoms with van der Waals surface area (Å²) in [5, 5.41) is 11.9. The largest absolute Gasteiger partial charge is 0.489 e. The van der Waals surface area contributed by atoms with E-state index in [9.17, 15) is 4.79 Å². The Labute approximate surface area is 186 Å². The first kappa shape index (κ1) is 23.2. The van der Waals surface area contributed by atoms with Crippen LogP contribution in [0.3, 0.4) is 0 Å². The number of carboxylic acids is 1. The maximum Gasteiger partial charge on any atom is 0.320 e. The summed E-state index contributed by atoms with van der Waals surface area (Å²) in [5.74, 6) is -0.0478. The van der Waals surface area contributed by atoms with Crippen molar-refractivity contribution in [3.63, 3.8) is 0 Å². The van der Waals surface area contributed by atoms with Crippen molar-refractivity contribution < 1.29 is 16.0 Å². The van der Waals surface area contributed by atoms with Gasteiger partial charge in [-0.15, -0.1) is 0 Å². The first-order valence-corrected chi connectivity index (χ1v) is 10.8. The number of aliphatic carboxylic acids is 1. The summed E-state index contributed by atoms with van der Waals surface area (Å²) in [4.78, 5) is 13.0. The molecule has 0 amide bonds. The third-order valence-electron chi connectivity index (χ3n) is 4.95. The highest BCUT2D eigenvalue weighted by Gasteiger charge is 2.30. The highest BCUT2D eigenvalue weighted by Crippen LogP contribution is 2.25. The smallest absolute Gasteiger partial charge is 0.320 e. The molecule has 0 bridgehead atoms. The predicted molar refractivity (Wildman–Crippen MR) is 125 cm³/mol. The van der Waals surface area contributed by atoms with Crippen molar-refractivity contribution in [3.05, 3.63) is 54.6 Å². The minimum Gasteiger partial charge on any atom is -0.489 e. The zero-order valence-corrected chi connectivity index (χ0v) is 18.2. The highest BCUT2D eigenvalue weighted by atomic mass is 16.5. The first-order chi connectivity index (χ1) is 15.4. The Hall–Kier alpha value is -2.45. The molecule has 7 heteroatoms. The number of nitrogens with one attached hydrogen (secondary N) is 1. The van der Waals surface area contributed by atoms with Crippen LogP contribution in [0.5, 0.6) is 5.75 Å². The lowest BCUT2D eigenvalue weighted by Crippen LogP contribution is -2.30. The molecule has 2 aliphatic heterocycles. The van der Waals surface area contributed by atoms with Crippen LogP contribution in [-0.4, -0.2) is 67.9 Å². The van der Waals surface area contributed by atoms with Gasteiger partial charge in [0, 0.05) is 27.4 Å². The van der Waals surface area contributed by atoms with Crippen LogP contribution in [0, 0.1) is 0 Å². The van der Waals surface area contributed by atoms with Gasteiger partial charge in [0.05, 0.1) is 0 Å². The molecule has 2 fully saturated rings. The van der Waals surface area contributed by atoms with Gasteiger partial charge in [0.15, 0.2) is 0 Å². The van der Waals surface area contributed by atoms with Crippen LogP contribution in [0.15, 0.2) is 54.6 Å². The van der Waals surface area contributed by atoms with Gasteiger partial charge < -0.3 is 31.5 Å². The average molecular weight is 430 g/mol. The van der Waals surface area contributed by atoms with Crippen molar-refractivity contribution in [3.8, 4) is 16.9 Å². The van der Waals surface area contributed by atoms with Gasteiger partial charge in [-0.2, -0.15) is 0 Å². The topological polar surface area (TPSA) is 114 Å². The van der Waals surface area contributed by atoms with Crippen LogP contribution in [0.4, 0.5) is 0 Å². The summed E-state index contributed by atoms with van der Waals surface area (Å²) in [6, 6.07) is 17.5. The van der Waals surface area contributed by atoms with E-state index in [0.717, 1.165) is 29.8 Å². The minimum atomic E-state index is -0.820. The third kappa shape index (κ3) is 9.06. The van der Waals surface area contributed by atoms with Crippen molar-refractivity contribution in [1.29, 1.82) is 0 Å². The molecular formula is C24H36N4O3. The number of carbonyl (C=O) groups is 1. The van der Waals surface area contributed by atoms with Crippen LogP contribution in [0.1, 0.15) is 20.6 Å². The van der Waals surface area contributed by atoms with E-state index in [1.165, 1.54) is 6.42 Å². The van der Waals surface area contributed by atoms with Crippen LogP contribution in [0.2, 0.25) is 0 Å². The fraction of sp³-hybridized carbons (Fsp3) is 0.458. The van der Waals surface area contributed by atoms with Crippen LogP contribution in [-0.2, 0) is 4.79 Å².